The van der Waals surface area contributed by atoms with Gasteiger partial charge in [0, 0.05) is 0 Å². The van der Waals surface area contributed by atoms with Crippen LogP contribution in [0.4, 0.5) is 5.69 Å². The molecule has 2 aromatic rings. The van der Waals surface area contributed by atoms with Gasteiger partial charge in [0.1, 0.15) is 22.8 Å². The molecule has 0 saturated heterocycles. The summed E-state index contributed by atoms with van der Waals surface area (Å²) in [5.41, 5.74) is 6.18. The van der Waals surface area contributed by atoms with Crippen LogP contribution in [0, 0.1) is 0 Å². The van der Waals surface area contributed by atoms with Gasteiger partial charge in [-0.3, -0.25) is 0 Å². The molecule has 0 fully saturated rings. The standard InChI is InChI=1S/C11H10ClN3OS/c1-16-7-4-2-3-5-8(7)17-11-9(13)10(12)14-6-15-11/h2-6H,13H2,1H3. The fourth-order valence-electron chi connectivity index (χ4n) is 1.25. The number of nitrogen functional groups attached to an aromatic ring is 1. The number of halogens is 1. The first-order valence-corrected chi connectivity index (χ1v) is 5.98. The Balaban J connectivity index is 2.35. The molecule has 6 heteroatoms. The van der Waals surface area contributed by atoms with Gasteiger partial charge in [-0.15, -0.1) is 0 Å². The molecule has 1 aromatic carbocycles. The number of hydrogen-bond acceptors (Lipinski definition) is 5. The molecule has 0 spiro atoms. The van der Waals surface area contributed by atoms with Crippen LogP contribution in [-0.4, -0.2) is 17.1 Å². The summed E-state index contributed by atoms with van der Waals surface area (Å²) in [6.45, 7) is 0. The molecule has 0 aliphatic carbocycles. The van der Waals surface area contributed by atoms with E-state index in [1.54, 1.807) is 7.11 Å². The Bertz CT molecular complexity index is 536. The lowest BCUT2D eigenvalue weighted by Gasteiger charge is -2.08. The molecule has 4 nitrogen and oxygen atoms in total. The molecule has 1 heterocycles. The van der Waals surface area contributed by atoms with Gasteiger partial charge in [0.05, 0.1) is 12.0 Å². The summed E-state index contributed by atoms with van der Waals surface area (Å²) in [4.78, 5) is 8.83. The number of nitrogens with two attached hydrogens (primary N) is 1. The molecule has 0 amide bonds. The van der Waals surface area contributed by atoms with Crippen LogP contribution in [0.1, 0.15) is 0 Å². The van der Waals surface area contributed by atoms with E-state index in [1.807, 2.05) is 24.3 Å². The maximum atomic E-state index is 5.83. The van der Waals surface area contributed by atoms with Gasteiger partial charge in [0.25, 0.3) is 0 Å². The second kappa shape index (κ2) is 5.25. The smallest absolute Gasteiger partial charge is 0.156 e. The second-order valence-corrected chi connectivity index (χ2v) is 4.52. The lowest BCUT2D eigenvalue weighted by molar-refractivity contribution is 0.405. The maximum absolute atomic E-state index is 5.83. The molecule has 0 bridgehead atoms. The highest BCUT2D eigenvalue weighted by Gasteiger charge is 2.10. The van der Waals surface area contributed by atoms with E-state index >= 15 is 0 Å². The first-order chi connectivity index (χ1) is 8.22. The van der Waals surface area contributed by atoms with Crippen molar-refractivity contribution < 1.29 is 4.74 Å². The molecule has 88 valence electrons. The number of methoxy groups -OCH3 is 1. The molecule has 1 aromatic heterocycles. The molecule has 0 aliphatic heterocycles. The Hall–Kier alpha value is -1.46. The largest absolute Gasteiger partial charge is 0.496 e. The average Bonchev–Trinajstić information content (AvgIpc) is 2.35. The van der Waals surface area contributed by atoms with E-state index in [0.29, 0.717) is 10.7 Å². The minimum atomic E-state index is 0.261. The lowest BCUT2D eigenvalue weighted by Crippen LogP contribution is -1.95. The minimum Gasteiger partial charge on any atom is -0.496 e. The second-order valence-electron chi connectivity index (χ2n) is 3.14. The molecule has 0 radical (unpaired) electrons. The number of hydrogen-bond donors (Lipinski definition) is 1. The van der Waals surface area contributed by atoms with Gasteiger partial charge in [0.15, 0.2) is 5.15 Å². The number of anilines is 1. The van der Waals surface area contributed by atoms with Crippen LogP contribution in [0.5, 0.6) is 5.75 Å². The summed E-state index contributed by atoms with van der Waals surface area (Å²) in [7, 11) is 1.62. The van der Waals surface area contributed by atoms with E-state index < -0.39 is 0 Å². The summed E-state index contributed by atoms with van der Waals surface area (Å²) in [5.74, 6) is 0.770. The van der Waals surface area contributed by atoms with Gasteiger partial charge in [0.2, 0.25) is 0 Å². The third-order valence-electron chi connectivity index (χ3n) is 2.07. The lowest BCUT2D eigenvalue weighted by atomic mass is 10.3. The summed E-state index contributed by atoms with van der Waals surface area (Å²) < 4.78 is 5.25. The molecule has 2 rings (SSSR count). The normalized spacial score (nSPS) is 10.2. The zero-order chi connectivity index (χ0) is 12.3. The van der Waals surface area contributed by atoms with Crippen LogP contribution in [0.2, 0.25) is 5.15 Å². The van der Waals surface area contributed by atoms with Crippen LogP contribution in [0.3, 0.4) is 0 Å². The van der Waals surface area contributed by atoms with E-state index in [-0.39, 0.29) is 5.15 Å². The number of benzene rings is 1. The summed E-state index contributed by atoms with van der Waals surface area (Å²) in [5, 5.41) is 0.881. The molecular weight excluding hydrogens is 258 g/mol. The van der Waals surface area contributed by atoms with Crippen molar-refractivity contribution in [2.45, 2.75) is 9.92 Å². The Kier molecular flexibility index (Phi) is 3.71. The first kappa shape index (κ1) is 12.0. The van der Waals surface area contributed by atoms with Crippen molar-refractivity contribution in [1.29, 1.82) is 0 Å². The molecule has 0 aliphatic rings. The van der Waals surface area contributed by atoms with Gasteiger partial charge in [-0.1, -0.05) is 35.5 Å². The van der Waals surface area contributed by atoms with E-state index in [9.17, 15) is 0 Å². The highest BCUT2D eigenvalue weighted by molar-refractivity contribution is 7.99. The van der Waals surface area contributed by atoms with E-state index in [0.717, 1.165) is 10.6 Å². The Morgan fingerprint density at radius 1 is 1.29 bits per heavy atom. The van der Waals surface area contributed by atoms with Crippen molar-refractivity contribution in [2.24, 2.45) is 0 Å². The highest BCUT2D eigenvalue weighted by Crippen LogP contribution is 2.37. The fourth-order valence-corrected chi connectivity index (χ4v) is 2.35. The summed E-state index contributed by atoms with van der Waals surface area (Å²) in [6, 6.07) is 7.63. The molecule has 2 N–H and O–H groups in total. The van der Waals surface area contributed by atoms with Gasteiger partial charge in [-0.25, -0.2) is 9.97 Å². The SMILES string of the molecule is COc1ccccc1Sc1ncnc(Cl)c1N. The predicted octanol–water partition coefficient (Wildman–Crippen LogP) is 2.87. The highest BCUT2D eigenvalue weighted by atomic mass is 35.5. The maximum Gasteiger partial charge on any atom is 0.156 e. The van der Waals surface area contributed by atoms with Crippen LogP contribution in [-0.2, 0) is 0 Å². The van der Waals surface area contributed by atoms with Crippen LogP contribution in [0.25, 0.3) is 0 Å². The summed E-state index contributed by atoms with van der Waals surface area (Å²) in [6.07, 6.45) is 1.39. The van der Waals surface area contributed by atoms with Crippen molar-refractivity contribution in [3.63, 3.8) is 0 Å². The third-order valence-corrected chi connectivity index (χ3v) is 3.45. The van der Waals surface area contributed by atoms with Crippen molar-refractivity contribution in [3.05, 3.63) is 35.7 Å². The van der Waals surface area contributed by atoms with Gasteiger partial charge >= 0.3 is 0 Å². The Labute approximate surface area is 108 Å². The number of aromatic nitrogens is 2. The fraction of sp³-hybridized carbons (Fsp3) is 0.0909. The van der Waals surface area contributed by atoms with E-state index in [4.69, 9.17) is 22.1 Å². The molecule has 0 atom stereocenters. The van der Waals surface area contributed by atoms with Crippen molar-refractivity contribution in [2.75, 3.05) is 12.8 Å². The van der Waals surface area contributed by atoms with Crippen LogP contribution >= 0.6 is 23.4 Å². The third kappa shape index (κ3) is 2.62. The predicted molar refractivity (Wildman–Crippen MR) is 68.6 cm³/mol. The Morgan fingerprint density at radius 2 is 2.06 bits per heavy atom. The molecule has 17 heavy (non-hydrogen) atoms. The van der Waals surface area contributed by atoms with Crippen molar-refractivity contribution >= 4 is 29.1 Å². The number of ether oxygens (including phenoxy) is 1. The number of para-hydroxylation sites is 1. The molecule has 0 saturated carbocycles. The van der Waals surface area contributed by atoms with Crippen LogP contribution < -0.4 is 10.5 Å². The van der Waals surface area contributed by atoms with Gasteiger partial charge in [-0.2, -0.15) is 0 Å². The number of rotatable bonds is 3. The first-order valence-electron chi connectivity index (χ1n) is 4.79. The molecular formula is C11H10ClN3OS. The monoisotopic (exact) mass is 267 g/mol. The zero-order valence-corrected chi connectivity index (χ0v) is 10.6. The van der Waals surface area contributed by atoms with Gasteiger partial charge in [-0.05, 0) is 12.1 Å². The van der Waals surface area contributed by atoms with Crippen molar-refractivity contribution in [1.82, 2.24) is 9.97 Å². The van der Waals surface area contributed by atoms with Crippen LogP contribution in [0.15, 0.2) is 40.5 Å². The van der Waals surface area contributed by atoms with E-state index in [1.165, 1.54) is 18.1 Å². The topological polar surface area (TPSA) is 61.0 Å². The van der Waals surface area contributed by atoms with Gasteiger partial charge < -0.3 is 10.5 Å². The Morgan fingerprint density at radius 3 is 2.82 bits per heavy atom. The minimum absolute atomic E-state index is 0.261. The molecule has 0 unspecified atom stereocenters. The van der Waals surface area contributed by atoms with E-state index in [2.05, 4.69) is 9.97 Å². The average molecular weight is 268 g/mol. The summed E-state index contributed by atoms with van der Waals surface area (Å²) >= 11 is 7.23. The van der Waals surface area contributed by atoms with Crippen molar-refractivity contribution in [3.8, 4) is 5.75 Å². The quantitative estimate of drug-likeness (QED) is 0.867. The zero-order valence-electron chi connectivity index (χ0n) is 9.05. The number of nitrogens with zero attached hydrogens (tertiary/aromatic N) is 2.